The van der Waals surface area contributed by atoms with E-state index in [4.69, 9.17) is 5.73 Å². The number of carbonyl (C=O) groups excluding carboxylic acids is 2. The third-order valence-electron chi connectivity index (χ3n) is 2.79. The molecule has 0 unspecified atom stereocenters. The van der Waals surface area contributed by atoms with Crippen molar-refractivity contribution in [1.29, 1.82) is 0 Å². The van der Waals surface area contributed by atoms with Crippen LogP contribution >= 0.6 is 0 Å². The number of nitrogens with two attached hydrogens (primary N) is 1. The van der Waals surface area contributed by atoms with Crippen molar-refractivity contribution in [3.63, 3.8) is 0 Å². The van der Waals surface area contributed by atoms with E-state index in [0.717, 1.165) is 12.8 Å². The van der Waals surface area contributed by atoms with Crippen molar-refractivity contribution < 1.29 is 14.0 Å². The lowest BCUT2D eigenvalue weighted by Gasteiger charge is -2.10. The van der Waals surface area contributed by atoms with Gasteiger partial charge in [0, 0.05) is 11.6 Å². The predicted molar refractivity (Wildman–Crippen MR) is 61.0 cm³/mol. The zero-order valence-corrected chi connectivity index (χ0v) is 9.42. The van der Waals surface area contributed by atoms with E-state index in [9.17, 15) is 14.0 Å². The Morgan fingerprint density at radius 2 is 2.06 bits per heavy atom. The molecule has 0 spiro atoms. The van der Waals surface area contributed by atoms with E-state index < -0.39 is 11.7 Å². The van der Waals surface area contributed by atoms with E-state index in [1.807, 2.05) is 0 Å². The van der Waals surface area contributed by atoms with Gasteiger partial charge in [-0.15, -0.1) is 0 Å². The van der Waals surface area contributed by atoms with Gasteiger partial charge in [0.1, 0.15) is 5.82 Å². The zero-order valence-electron chi connectivity index (χ0n) is 9.42. The minimum Gasteiger partial charge on any atom is -0.366 e. The molecule has 1 aliphatic carbocycles. The lowest BCUT2D eigenvalue weighted by atomic mass is 10.1. The topological polar surface area (TPSA) is 72.2 Å². The van der Waals surface area contributed by atoms with Crippen LogP contribution in [0.5, 0.6) is 0 Å². The SMILES string of the molecule is Cc1cc(F)c(C(N)=O)cc1NC(=O)C1CC1. The molecule has 1 aliphatic rings. The summed E-state index contributed by atoms with van der Waals surface area (Å²) in [5, 5.41) is 2.68. The van der Waals surface area contributed by atoms with Gasteiger partial charge in [-0.1, -0.05) is 0 Å². The molecule has 1 aromatic carbocycles. The molecule has 1 fully saturated rings. The predicted octanol–water partition coefficient (Wildman–Crippen LogP) is 1.58. The number of halogens is 1. The van der Waals surface area contributed by atoms with E-state index in [-0.39, 0.29) is 17.4 Å². The fourth-order valence-corrected chi connectivity index (χ4v) is 1.58. The van der Waals surface area contributed by atoms with Crippen molar-refractivity contribution in [2.24, 2.45) is 11.7 Å². The van der Waals surface area contributed by atoms with Crippen LogP contribution in [0.4, 0.5) is 10.1 Å². The highest BCUT2D eigenvalue weighted by Crippen LogP contribution is 2.31. The number of benzene rings is 1. The number of aryl methyl sites for hydroxylation is 1. The average Bonchev–Trinajstić information content (AvgIpc) is 3.04. The number of rotatable bonds is 3. The normalized spacial score (nSPS) is 14.5. The molecular formula is C12H13FN2O2. The number of anilines is 1. The van der Waals surface area contributed by atoms with Crippen LogP contribution in [0, 0.1) is 18.7 Å². The van der Waals surface area contributed by atoms with Crippen LogP contribution in [0.25, 0.3) is 0 Å². The zero-order chi connectivity index (χ0) is 12.6. The molecule has 0 aliphatic heterocycles. The van der Waals surface area contributed by atoms with Crippen LogP contribution in [-0.2, 0) is 4.79 Å². The quantitative estimate of drug-likeness (QED) is 0.836. The van der Waals surface area contributed by atoms with Crippen LogP contribution < -0.4 is 11.1 Å². The van der Waals surface area contributed by atoms with Crippen LogP contribution in [-0.4, -0.2) is 11.8 Å². The Morgan fingerprint density at radius 3 is 2.59 bits per heavy atom. The lowest BCUT2D eigenvalue weighted by molar-refractivity contribution is -0.117. The summed E-state index contributed by atoms with van der Waals surface area (Å²) in [6, 6.07) is 2.48. The first-order valence-electron chi connectivity index (χ1n) is 5.40. The summed E-state index contributed by atoms with van der Waals surface area (Å²) in [6.45, 7) is 1.66. The Bertz CT molecular complexity index is 496. The van der Waals surface area contributed by atoms with Gasteiger partial charge in [0.2, 0.25) is 5.91 Å². The molecule has 0 bridgehead atoms. The largest absolute Gasteiger partial charge is 0.366 e. The van der Waals surface area contributed by atoms with E-state index in [1.165, 1.54) is 12.1 Å². The minimum absolute atomic E-state index is 0.0523. The first-order valence-corrected chi connectivity index (χ1v) is 5.40. The molecule has 2 rings (SSSR count). The van der Waals surface area contributed by atoms with E-state index in [0.29, 0.717) is 11.3 Å². The van der Waals surface area contributed by atoms with Crippen molar-refractivity contribution in [2.75, 3.05) is 5.32 Å². The number of amides is 2. The van der Waals surface area contributed by atoms with Gasteiger partial charge in [0.15, 0.2) is 0 Å². The van der Waals surface area contributed by atoms with Gasteiger partial charge in [0.25, 0.3) is 5.91 Å². The van der Waals surface area contributed by atoms with Gasteiger partial charge in [-0.25, -0.2) is 4.39 Å². The number of carbonyl (C=O) groups is 2. The summed E-state index contributed by atoms with van der Waals surface area (Å²) < 4.78 is 13.4. The highest BCUT2D eigenvalue weighted by molar-refractivity contribution is 5.98. The van der Waals surface area contributed by atoms with Crippen molar-refractivity contribution >= 4 is 17.5 Å². The van der Waals surface area contributed by atoms with Gasteiger partial charge >= 0.3 is 0 Å². The number of primary amides is 1. The molecule has 2 amide bonds. The molecule has 3 N–H and O–H groups in total. The Kier molecular flexibility index (Phi) is 2.83. The second kappa shape index (κ2) is 4.16. The third kappa shape index (κ3) is 2.43. The summed E-state index contributed by atoms with van der Waals surface area (Å²) in [4.78, 5) is 22.6. The Balaban J connectivity index is 2.29. The molecule has 4 nitrogen and oxygen atoms in total. The number of hydrogen-bond acceptors (Lipinski definition) is 2. The number of nitrogens with one attached hydrogen (secondary N) is 1. The van der Waals surface area contributed by atoms with Crippen molar-refractivity contribution in [1.82, 2.24) is 0 Å². The van der Waals surface area contributed by atoms with Crippen LogP contribution in [0.15, 0.2) is 12.1 Å². The molecular weight excluding hydrogens is 223 g/mol. The fraction of sp³-hybridized carbons (Fsp3) is 0.333. The Labute approximate surface area is 98.0 Å². The first-order chi connectivity index (χ1) is 7.99. The smallest absolute Gasteiger partial charge is 0.251 e. The lowest BCUT2D eigenvalue weighted by Crippen LogP contribution is -2.17. The molecule has 0 heterocycles. The second-order valence-electron chi connectivity index (χ2n) is 4.27. The molecule has 1 aromatic rings. The molecule has 1 saturated carbocycles. The molecule has 0 atom stereocenters. The van der Waals surface area contributed by atoms with E-state index in [2.05, 4.69) is 5.32 Å². The summed E-state index contributed by atoms with van der Waals surface area (Å²) in [7, 11) is 0. The maximum absolute atomic E-state index is 13.4. The van der Waals surface area contributed by atoms with Crippen molar-refractivity contribution in [2.45, 2.75) is 19.8 Å². The maximum Gasteiger partial charge on any atom is 0.251 e. The highest BCUT2D eigenvalue weighted by Gasteiger charge is 2.30. The summed E-state index contributed by atoms with van der Waals surface area (Å²) >= 11 is 0. The maximum atomic E-state index is 13.4. The summed E-state index contributed by atoms with van der Waals surface area (Å²) in [5.41, 5.74) is 5.85. The standard InChI is InChI=1S/C12H13FN2O2/c1-6-4-9(13)8(11(14)16)5-10(6)15-12(17)7-2-3-7/h4-5,7H,2-3H2,1H3,(H2,14,16)(H,15,17). The summed E-state index contributed by atoms with van der Waals surface area (Å²) in [5.74, 6) is -1.55. The Hall–Kier alpha value is -1.91. The molecule has 17 heavy (non-hydrogen) atoms. The molecule has 0 aromatic heterocycles. The van der Waals surface area contributed by atoms with Crippen LogP contribution in [0.3, 0.4) is 0 Å². The second-order valence-corrected chi connectivity index (χ2v) is 4.27. The van der Waals surface area contributed by atoms with Crippen LogP contribution in [0.1, 0.15) is 28.8 Å². The van der Waals surface area contributed by atoms with E-state index in [1.54, 1.807) is 6.92 Å². The Morgan fingerprint density at radius 1 is 1.41 bits per heavy atom. The molecule has 0 saturated heterocycles. The van der Waals surface area contributed by atoms with Crippen molar-refractivity contribution in [3.8, 4) is 0 Å². The van der Waals surface area contributed by atoms with Gasteiger partial charge in [-0.3, -0.25) is 9.59 Å². The van der Waals surface area contributed by atoms with Gasteiger partial charge in [0.05, 0.1) is 5.56 Å². The highest BCUT2D eigenvalue weighted by atomic mass is 19.1. The van der Waals surface area contributed by atoms with E-state index >= 15 is 0 Å². The van der Waals surface area contributed by atoms with Crippen LogP contribution in [0.2, 0.25) is 0 Å². The fourth-order valence-electron chi connectivity index (χ4n) is 1.58. The van der Waals surface area contributed by atoms with Crippen molar-refractivity contribution in [3.05, 3.63) is 29.1 Å². The van der Waals surface area contributed by atoms with Gasteiger partial charge < -0.3 is 11.1 Å². The minimum atomic E-state index is -0.843. The summed E-state index contributed by atoms with van der Waals surface area (Å²) in [6.07, 6.45) is 1.77. The molecule has 90 valence electrons. The third-order valence-corrected chi connectivity index (χ3v) is 2.79. The van der Waals surface area contributed by atoms with Gasteiger partial charge in [-0.2, -0.15) is 0 Å². The van der Waals surface area contributed by atoms with Gasteiger partial charge in [-0.05, 0) is 37.5 Å². The molecule has 5 heteroatoms. The first kappa shape index (κ1) is 11.6. The monoisotopic (exact) mass is 236 g/mol. The number of hydrogen-bond donors (Lipinski definition) is 2. The average molecular weight is 236 g/mol. The molecule has 0 radical (unpaired) electrons.